The van der Waals surface area contributed by atoms with Gasteiger partial charge in [-0.3, -0.25) is 4.79 Å². The highest BCUT2D eigenvalue weighted by molar-refractivity contribution is 7.89. The zero-order valence-corrected chi connectivity index (χ0v) is 17.8. The van der Waals surface area contributed by atoms with Gasteiger partial charge in [0.1, 0.15) is 0 Å². The Balaban J connectivity index is 0.00000261. The number of piperidine rings is 1. The molecule has 1 N–H and O–H groups in total. The van der Waals surface area contributed by atoms with E-state index < -0.39 is 10.0 Å². The van der Waals surface area contributed by atoms with Crippen LogP contribution in [0.4, 0.5) is 0 Å². The van der Waals surface area contributed by atoms with Gasteiger partial charge in [0.25, 0.3) is 0 Å². The fourth-order valence-corrected chi connectivity index (χ4v) is 5.18. The molecule has 2 saturated heterocycles. The van der Waals surface area contributed by atoms with Gasteiger partial charge in [0, 0.05) is 43.7 Å². The second-order valence-corrected chi connectivity index (χ2v) is 9.51. The first-order valence-electron chi connectivity index (χ1n) is 9.17. The van der Waals surface area contributed by atoms with Crippen molar-refractivity contribution in [1.29, 1.82) is 0 Å². The van der Waals surface area contributed by atoms with Crippen molar-refractivity contribution in [3.8, 4) is 0 Å². The Bertz CT molecular complexity index is 752. The van der Waals surface area contributed by atoms with Gasteiger partial charge in [-0.15, -0.1) is 12.4 Å². The molecule has 2 heterocycles. The van der Waals surface area contributed by atoms with Gasteiger partial charge in [-0.1, -0.05) is 29.8 Å². The van der Waals surface area contributed by atoms with Crippen molar-refractivity contribution >= 4 is 39.9 Å². The molecule has 0 spiro atoms. The van der Waals surface area contributed by atoms with Crippen LogP contribution in [0.25, 0.3) is 0 Å². The Morgan fingerprint density at radius 2 is 1.89 bits per heavy atom. The summed E-state index contributed by atoms with van der Waals surface area (Å²) < 4.78 is 25.5. The normalized spacial score (nSPS) is 22.3. The first-order valence-corrected chi connectivity index (χ1v) is 11.2. The lowest BCUT2D eigenvalue weighted by Gasteiger charge is -2.40. The molecule has 0 aliphatic carbocycles. The van der Waals surface area contributed by atoms with Crippen LogP contribution in [-0.4, -0.2) is 62.0 Å². The molecule has 27 heavy (non-hydrogen) atoms. The standard InChI is InChI=1S/C18H26ClN3O3S.ClH/c1-2-26(24,25)21-10-7-14(8-11-21)18(23)22-12-9-20-13-17(22)15-5-3-4-6-16(15)19;/h3-6,14,17,20H,2,7-13H2,1H3;1H. The van der Waals surface area contributed by atoms with Crippen LogP contribution in [-0.2, 0) is 14.8 Å². The molecule has 1 unspecified atom stereocenters. The molecule has 0 aromatic heterocycles. The molecular formula is C18H27Cl2N3O3S. The van der Waals surface area contributed by atoms with Gasteiger partial charge in [-0.25, -0.2) is 12.7 Å². The lowest BCUT2D eigenvalue weighted by Crippen LogP contribution is -2.52. The number of hydrogen-bond acceptors (Lipinski definition) is 4. The van der Waals surface area contributed by atoms with E-state index >= 15 is 0 Å². The predicted octanol–water partition coefficient (Wildman–Crippen LogP) is 2.30. The third-order valence-corrected chi connectivity index (χ3v) is 7.58. The number of benzene rings is 1. The zero-order valence-electron chi connectivity index (χ0n) is 15.4. The molecule has 1 amide bonds. The highest BCUT2D eigenvalue weighted by Crippen LogP contribution is 2.31. The van der Waals surface area contributed by atoms with Gasteiger partial charge in [-0.2, -0.15) is 0 Å². The third-order valence-electron chi connectivity index (χ3n) is 5.35. The molecule has 2 aliphatic heterocycles. The summed E-state index contributed by atoms with van der Waals surface area (Å²) in [5.74, 6) is 0.101. The number of rotatable bonds is 4. The van der Waals surface area contributed by atoms with E-state index in [1.807, 2.05) is 29.2 Å². The number of halogens is 2. The van der Waals surface area contributed by atoms with Gasteiger partial charge in [0.2, 0.25) is 15.9 Å². The van der Waals surface area contributed by atoms with E-state index in [2.05, 4.69) is 5.32 Å². The van der Waals surface area contributed by atoms with Gasteiger partial charge in [0.05, 0.1) is 11.8 Å². The van der Waals surface area contributed by atoms with Gasteiger partial charge in [0.15, 0.2) is 0 Å². The summed E-state index contributed by atoms with van der Waals surface area (Å²) in [7, 11) is -3.17. The van der Waals surface area contributed by atoms with Crippen LogP contribution < -0.4 is 5.32 Å². The largest absolute Gasteiger partial charge is 0.333 e. The molecule has 152 valence electrons. The first-order chi connectivity index (χ1) is 12.4. The molecule has 1 aromatic carbocycles. The molecule has 9 heteroatoms. The van der Waals surface area contributed by atoms with E-state index in [9.17, 15) is 13.2 Å². The Labute approximate surface area is 172 Å². The second-order valence-electron chi connectivity index (χ2n) is 6.85. The van der Waals surface area contributed by atoms with E-state index in [4.69, 9.17) is 11.6 Å². The zero-order chi connectivity index (χ0) is 18.7. The minimum Gasteiger partial charge on any atom is -0.333 e. The van der Waals surface area contributed by atoms with Crippen LogP contribution in [0, 0.1) is 5.92 Å². The summed E-state index contributed by atoms with van der Waals surface area (Å²) in [5.41, 5.74) is 0.959. The lowest BCUT2D eigenvalue weighted by atomic mass is 9.94. The van der Waals surface area contributed by atoms with Crippen molar-refractivity contribution in [2.45, 2.75) is 25.8 Å². The number of hydrogen-bond donors (Lipinski definition) is 1. The highest BCUT2D eigenvalue weighted by Gasteiger charge is 2.36. The average molecular weight is 436 g/mol. The maximum atomic E-state index is 13.2. The molecule has 1 atom stereocenters. The molecule has 0 saturated carbocycles. The fraction of sp³-hybridized carbons (Fsp3) is 0.611. The van der Waals surface area contributed by atoms with E-state index in [1.165, 1.54) is 4.31 Å². The molecular weight excluding hydrogens is 409 g/mol. The van der Waals surface area contributed by atoms with Gasteiger partial charge in [-0.05, 0) is 31.4 Å². The maximum Gasteiger partial charge on any atom is 0.226 e. The Kier molecular flexibility index (Phi) is 7.94. The van der Waals surface area contributed by atoms with Crippen molar-refractivity contribution in [1.82, 2.24) is 14.5 Å². The van der Waals surface area contributed by atoms with Gasteiger partial charge >= 0.3 is 0 Å². The molecule has 3 rings (SSSR count). The minimum atomic E-state index is -3.17. The molecule has 0 radical (unpaired) electrons. The van der Waals surface area contributed by atoms with Crippen molar-refractivity contribution in [3.63, 3.8) is 0 Å². The molecule has 2 aliphatic rings. The smallest absolute Gasteiger partial charge is 0.226 e. The average Bonchev–Trinajstić information content (AvgIpc) is 2.68. The lowest BCUT2D eigenvalue weighted by molar-refractivity contribution is -0.140. The third kappa shape index (κ3) is 4.95. The molecule has 1 aromatic rings. The summed E-state index contributed by atoms with van der Waals surface area (Å²) in [6.45, 7) is 4.59. The summed E-state index contributed by atoms with van der Waals surface area (Å²) in [6, 6.07) is 7.56. The summed E-state index contributed by atoms with van der Waals surface area (Å²) in [4.78, 5) is 15.1. The molecule has 2 fully saturated rings. The van der Waals surface area contributed by atoms with Crippen molar-refractivity contribution in [2.24, 2.45) is 5.92 Å². The van der Waals surface area contributed by atoms with Crippen LogP contribution in [0.15, 0.2) is 24.3 Å². The number of piperazine rings is 1. The first kappa shape index (κ1) is 22.4. The number of nitrogens with zero attached hydrogens (tertiary/aromatic N) is 2. The Morgan fingerprint density at radius 1 is 1.22 bits per heavy atom. The second kappa shape index (κ2) is 9.56. The number of amides is 1. The van der Waals surface area contributed by atoms with Crippen molar-refractivity contribution in [2.75, 3.05) is 38.5 Å². The van der Waals surface area contributed by atoms with E-state index in [0.29, 0.717) is 44.0 Å². The molecule has 0 bridgehead atoms. The Morgan fingerprint density at radius 3 is 2.52 bits per heavy atom. The summed E-state index contributed by atoms with van der Waals surface area (Å²) in [6.07, 6.45) is 1.16. The fourth-order valence-electron chi connectivity index (χ4n) is 3.79. The minimum absolute atomic E-state index is 0. The summed E-state index contributed by atoms with van der Waals surface area (Å²) in [5, 5.41) is 4.01. The van der Waals surface area contributed by atoms with Crippen molar-refractivity contribution < 1.29 is 13.2 Å². The Hall–Kier alpha value is -0.860. The molecule has 6 nitrogen and oxygen atoms in total. The highest BCUT2D eigenvalue weighted by atomic mass is 35.5. The van der Waals surface area contributed by atoms with Crippen LogP contribution in [0.1, 0.15) is 31.4 Å². The van der Waals surface area contributed by atoms with E-state index in [-0.39, 0.29) is 36.0 Å². The van der Waals surface area contributed by atoms with Crippen molar-refractivity contribution in [3.05, 3.63) is 34.9 Å². The van der Waals surface area contributed by atoms with Crippen LogP contribution in [0.3, 0.4) is 0 Å². The topological polar surface area (TPSA) is 69.7 Å². The SMILES string of the molecule is CCS(=O)(=O)N1CCC(C(=O)N2CCNCC2c2ccccc2Cl)CC1.Cl. The number of carbonyl (C=O) groups is 1. The number of carbonyl (C=O) groups excluding carboxylic acids is 1. The summed E-state index contributed by atoms with van der Waals surface area (Å²) >= 11 is 6.36. The monoisotopic (exact) mass is 435 g/mol. The quantitative estimate of drug-likeness (QED) is 0.787. The van der Waals surface area contributed by atoms with Crippen LogP contribution in [0.2, 0.25) is 5.02 Å². The van der Waals surface area contributed by atoms with E-state index in [1.54, 1.807) is 6.92 Å². The maximum absolute atomic E-state index is 13.2. The van der Waals surface area contributed by atoms with E-state index in [0.717, 1.165) is 12.1 Å². The number of nitrogens with one attached hydrogen (secondary N) is 1. The number of sulfonamides is 1. The van der Waals surface area contributed by atoms with Gasteiger partial charge < -0.3 is 10.2 Å². The van der Waals surface area contributed by atoms with Crippen LogP contribution in [0.5, 0.6) is 0 Å². The predicted molar refractivity (Wildman–Crippen MR) is 110 cm³/mol. The van der Waals surface area contributed by atoms with Crippen LogP contribution >= 0.6 is 24.0 Å².